The average Bonchev–Trinajstić information content (AvgIpc) is 0.724. The lowest BCUT2D eigenvalue weighted by molar-refractivity contribution is 0.356. The first kappa shape index (κ1) is 91.3. The molecule has 0 saturated heterocycles. The van der Waals surface area contributed by atoms with Crippen LogP contribution in [0.2, 0.25) is 0 Å². The Balaban J connectivity index is 0.722. The van der Waals surface area contributed by atoms with Crippen LogP contribution in [-0.4, -0.2) is 0 Å². The van der Waals surface area contributed by atoms with Gasteiger partial charge in [0.2, 0.25) is 0 Å². The molecule has 690 valence electrons. The Morgan fingerprint density at radius 1 is 0.179 bits per heavy atom. The van der Waals surface area contributed by atoms with E-state index in [2.05, 4.69) is 478 Å². The van der Waals surface area contributed by atoms with Crippen molar-refractivity contribution in [3.63, 3.8) is 0 Å². The Morgan fingerprint density at radius 3 is 0.579 bits per heavy atom. The maximum absolute atomic E-state index is 2.49. The van der Waals surface area contributed by atoms with E-state index in [1.807, 2.05) is 0 Å². The second kappa shape index (κ2) is 42.9. The maximum atomic E-state index is 2.49. The number of anilines is 12. The summed E-state index contributed by atoms with van der Waals surface area (Å²) in [6.45, 7) is 8.73. The molecule has 4 heteroatoms. The molecule has 0 spiro atoms. The topological polar surface area (TPSA) is 13.0 Å². The fraction of sp³-hybridized carbons (Fsp3) is 0.191. The second-order valence-corrected chi connectivity index (χ2v) is 39.8. The van der Waals surface area contributed by atoms with Crippen molar-refractivity contribution in [1.29, 1.82) is 0 Å². The van der Waals surface area contributed by atoms with Gasteiger partial charge in [-0.3, -0.25) is 0 Å². The quantitative estimate of drug-likeness (QED) is 0.0529. The van der Waals surface area contributed by atoms with Gasteiger partial charge in [0.15, 0.2) is 0 Å². The molecule has 0 N–H and O–H groups in total. The Hall–Kier alpha value is -15.1. The van der Waals surface area contributed by atoms with Crippen molar-refractivity contribution in [1.82, 2.24) is 0 Å². The van der Waals surface area contributed by atoms with Gasteiger partial charge in [0.1, 0.15) is 0 Å². The van der Waals surface area contributed by atoms with Gasteiger partial charge in [0.05, 0.1) is 0 Å². The van der Waals surface area contributed by atoms with Crippen LogP contribution in [0.3, 0.4) is 0 Å². The Morgan fingerprint density at radius 2 is 0.357 bits per heavy atom. The molecule has 0 bridgehead atoms. The monoisotopic (exact) mass is 1810 g/mol. The number of fused-ring (bicyclic) bond motifs is 8. The van der Waals surface area contributed by atoms with Gasteiger partial charge in [0.25, 0.3) is 0 Å². The van der Waals surface area contributed by atoms with Crippen LogP contribution in [0.25, 0.3) is 111 Å². The number of benzene rings is 16. The number of aryl methyl sites for hydroxylation is 4. The first-order valence-electron chi connectivity index (χ1n) is 51.6. The largest absolute Gasteiger partial charge is 0.310 e. The number of hydrogen-bond donors (Lipinski definition) is 0. The zero-order valence-corrected chi connectivity index (χ0v) is 81.7. The summed E-state index contributed by atoms with van der Waals surface area (Å²) in [5, 5.41) is 0. The van der Waals surface area contributed by atoms with Crippen molar-refractivity contribution in [2.45, 2.75) is 163 Å². The third-order valence-electron chi connectivity index (χ3n) is 29.5. The highest BCUT2D eigenvalue weighted by atomic mass is 15.2. The maximum Gasteiger partial charge on any atom is 0.0468 e. The molecular formula is C136H126N4. The number of nitrogens with zero attached hydrogens (tertiary/aromatic N) is 4. The van der Waals surface area contributed by atoms with E-state index < -0.39 is 0 Å². The van der Waals surface area contributed by atoms with E-state index in [1.165, 1.54) is 202 Å². The molecule has 0 radical (unpaired) electrons. The van der Waals surface area contributed by atoms with Crippen molar-refractivity contribution >= 4 is 135 Å². The normalized spacial score (nSPS) is 14.4. The van der Waals surface area contributed by atoms with Gasteiger partial charge in [-0.1, -0.05) is 376 Å². The Labute approximate surface area is 831 Å². The summed E-state index contributed by atoms with van der Waals surface area (Å²) in [6, 6.07) is 138. The molecule has 0 heterocycles. The summed E-state index contributed by atoms with van der Waals surface area (Å²) in [7, 11) is 0. The van der Waals surface area contributed by atoms with E-state index in [0.717, 1.165) is 141 Å². The van der Waals surface area contributed by atoms with Gasteiger partial charge in [-0.15, -0.1) is 0 Å². The summed E-state index contributed by atoms with van der Waals surface area (Å²) in [5.41, 5.74) is 45.7. The number of hydrogen-bond acceptors (Lipinski definition) is 4. The van der Waals surface area contributed by atoms with Crippen molar-refractivity contribution in [3.8, 4) is 44.5 Å². The first-order chi connectivity index (χ1) is 68.9. The molecule has 0 unspecified atom stereocenters. The van der Waals surface area contributed by atoms with E-state index >= 15 is 0 Å². The van der Waals surface area contributed by atoms with Crippen LogP contribution in [0, 0.1) is 33.6 Å². The predicted octanol–water partition coefficient (Wildman–Crippen LogP) is 39.6. The molecule has 16 aromatic carbocycles. The molecular weight excluding hydrogens is 1690 g/mol. The van der Waals surface area contributed by atoms with Gasteiger partial charge in [-0.2, -0.15) is 0 Å². The lowest BCUT2D eigenvalue weighted by Crippen LogP contribution is -2.12. The van der Waals surface area contributed by atoms with Crippen LogP contribution in [0.1, 0.15) is 217 Å². The van der Waals surface area contributed by atoms with Crippen molar-refractivity contribution in [3.05, 3.63) is 470 Å². The Kier molecular flexibility index (Phi) is 28.0. The van der Waals surface area contributed by atoms with Crippen LogP contribution in [-0.2, 0) is 6.42 Å². The summed E-state index contributed by atoms with van der Waals surface area (Å²) in [4.78, 5) is 9.80. The van der Waals surface area contributed by atoms with Gasteiger partial charge in [-0.05, 0) is 374 Å². The summed E-state index contributed by atoms with van der Waals surface area (Å²) in [6.07, 6.45) is 52.4. The molecule has 0 aromatic heterocycles. The zero-order chi connectivity index (χ0) is 94.5. The third kappa shape index (κ3) is 21.9. The van der Waals surface area contributed by atoms with E-state index in [0.29, 0.717) is 0 Å². The highest BCUT2D eigenvalue weighted by Crippen LogP contribution is 2.55. The van der Waals surface area contributed by atoms with Crippen LogP contribution in [0.5, 0.6) is 0 Å². The summed E-state index contributed by atoms with van der Waals surface area (Å²) >= 11 is 0. The molecule has 4 fully saturated rings. The van der Waals surface area contributed by atoms with Gasteiger partial charge in [-0.25, -0.2) is 0 Å². The van der Waals surface area contributed by atoms with Crippen LogP contribution in [0.15, 0.2) is 381 Å². The minimum absolute atomic E-state index is 0.804. The van der Waals surface area contributed by atoms with Gasteiger partial charge < -0.3 is 19.6 Å². The predicted molar refractivity (Wildman–Crippen MR) is 604 cm³/mol. The fourth-order valence-corrected chi connectivity index (χ4v) is 21.5. The SMILES string of the molecule is Cc1ccc(N(c2ccc(/C=C/c3ccc(C=C4CCCCC4)cc3)cc2)c2ccc3c(c2)-c2ccc(N(c4ccc(C)cc4)c4ccc(/C=C/c5ccc(C=C6CCCCC6)cc5)cc4)cc2-c2ccc(N(c4ccc(C)cc4)c4ccc(/C=C/c5ccc(CC6CCCCC6)cc5)cc4)cc2-c2ccc(N(c4ccc(C)cc4)c4ccc(/C=C/c5ccc(C=C6CCCCC6)cc5)cc4)cc2-3)cc1. The van der Waals surface area contributed by atoms with E-state index in [9.17, 15) is 0 Å². The molecule has 0 atom stereocenters. The van der Waals surface area contributed by atoms with Gasteiger partial charge in [0, 0.05) is 68.2 Å². The fourth-order valence-electron chi connectivity index (χ4n) is 21.5. The minimum atomic E-state index is 0.804. The molecule has 5 aliphatic rings. The lowest BCUT2D eigenvalue weighted by atomic mass is 9.80. The molecule has 0 aliphatic heterocycles. The number of rotatable bonds is 25. The Bertz CT molecular complexity index is 6640. The molecule has 5 aliphatic carbocycles. The summed E-state index contributed by atoms with van der Waals surface area (Å²) < 4.78 is 0. The smallest absolute Gasteiger partial charge is 0.0468 e. The van der Waals surface area contributed by atoms with Gasteiger partial charge >= 0.3 is 0 Å². The van der Waals surface area contributed by atoms with Crippen LogP contribution in [0.4, 0.5) is 68.2 Å². The molecule has 21 rings (SSSR count). The van der Waals surface area contributed by atoms with Crippen molar-refractivity contribution in [2.24, 2.45) is 5.92 Å². The second-order valence-electron chi connectivity index (χ2n) is 39.8. The van der Waals surface area contributed by atoms with E-state index in [1.54, 1.807) is 16.7 Å². The molecule has 140 heavy (non-hydrogen) atoms. The molecule has 16 aromatic rings. The van der Waals surface area contributed by atoms with Crippen molar-refractivity contribution < 1.29 is 0 Å². The lowest BCUT2D eigenvalue weighted by Gasteiger charge is -2.32. The van der Waals surface area contributed by atoms with E-state index in [-0.39, 0.29) is 0 Å². The third-order valence-corrected chi connectivity index (χ3v) is 29.5. The summed E-state index contributed by atoms with van der Waals surface area (Å²) in [5.74, 6) is 0.804. The first-order valence-corrected chi connectivity index (χ1v) is 51.6. The van der Waals surface area contributed by atoms with E-state index in [4.69, 9.17) is 0 Å². The number of allylic oxidation sites excluding steroid dienone is 3. The average molecular weight is 1820 g/mol. The highest BCUT2D eigenvalue weighted by molar-refractivity contribution is 6.07. The zero-order valence-electron chi connectivity index (χ0n) is 81.7. The molecule has 4 saturated carbocycles. The highest BCUT2D eigenvalue weighted by Gasteiger charge is 2.30. The minimum Gasteiger partial charge on any atom is -0.310 e. The van der Waals surface area contributed by atoms with Crippen molar-refractivity contribution in [2.75, 3.05) is 19.6 Å². The standard InChI is InChI=1S/C136H126N4/c1-97-25-65-117(66-26-97)137(121-73-57-105(58-74-121)37-33-101-41-49-113(50-42-101)89-109-17-9-5-10-18-109)125-81-85-129-133(93-125)130-86-82-126(138(118-67-27-98(2)28-68-118)122-75-59-106(60-76-122)38-34-102-43-51-114(52-44-102)90-110-19-11-6-12-20-110)95-135(130)132-88-84-128(140(120-71-31-100(4)32-72-120)124-79-63-108(64-80-124)40-36-104-47-55-116(56-48-104)92-112-23-15-8-16-24-112)96-136(132)131-87-83-127(94-134(129)131)139(119-69-29-99(3)30-70-119)123-77-61-107(62-78-123)39-35-103-45-53-115(54-46-103)91-111-21-13-7-14-22-111/h25-91,93-96,112H,5-24,92H2,1-4H3/b37-33+,38-34+,39-35+,40-36+,133-130?,134-129?,135-132?,136-131?. The molecule has 0 amide bonds. The van der Waals surface area contributed by atoms with Crippen LogP contribution < -0.4 is 19.6 Å². The molecule has 4 nitrogen and oxygen atoms in total. The van der Waals surface area contributed by atoms with Crippen LogP contribution >= 0.6 is 0 Å².